The number of halogens is 2. The van der Waals surface area contributed by atoms with Gasteiger partial charge in [0.15, 0.2) is 16.6 Å². The summed E-state index contributed by atoms with van der Waals surface area (Å²) in [6, 6.07) is 7.84. The zero-order valence-electron chi connectivity index (χ0n) is 16.0. The number of nitrogens with one attached hydrogen (secondary N) is 1. The van der Waals surface area contributed by atoms with Crippen LogP contribution in [0.3, 0.4) is 0 Å². The summed E-state index contributed by atoms with van der Waals surface area (Å²) in [6.45, 7) is -3.07. The Morgan fingerprint density at radius 2 is 1.88 bits per heavy atom. The molecule has 0 radical (unpaired) electrons. The predicted octanol–water partition coefficient (Wildman–Crippen LogP) is 3.75. The third-order valence-electron chi connectivity index (χ3n) is 3.97. The van der Waals surface area contributed by atoms with E-state index in [1.54, 1.807) is 0 Å². The molecule has 14 heteroatoms. The van der Waals surface area contributed by atoms with E-state index in [2.05, 4.69) is 15.0 Å². The normalized spacial score (nSPS) is 11.2. The summed E-state index contributed by atoms with van der Waals surface area (Å²) in [4.78, 5) is 26.2. The van der Waals surface area contributed by atoms with E-state index >= 15 is 0 Å². The maximum absolute atomic E-state index is 12.7. The predicted molar refractivity (Wildman–Crippen MR) is 108 cm³/mol. The van der Waals surface area contributed by atoms with Crippen molar-refractivity contribution in [1.82, 2.24) is 4.98 Å². The number of methoxy groups -OCH3 is 1. The zero-order valence-corrected chi connectivity index (χ0v) is 17.7. The van der Waals surface area contributed by atoms with Crippen LogP contribution in [0.15, 0.2) is 57.8 Å². The monoisotopic (exact) mass is 485 g/mol. The van der Waals surface area contributed by atoms with E-state index in [0.717, 1.165) is 36.5 Å². The number of aromatic nitrogens is 1. The average molecular weight is 485 g/mol. The number of nitro benzene ring substituents is 1. The van der Waals surface area contributed by atoms with Gasteiger partial charge in [-0.2, -0.15) is 8.78 Å². The molecule has 1 aromatic heterocycles. The van der Waals surface area contributed by atoms with Gasteiger partial charge in [-0.05, 0) is 30.3 Å². The topological polar surface area (TPSA) is 138 Å². The first-order valence-electron chi connectivity index (χ1n) is 8.51. The fraction of sp³-hybridized carbons (Fsp3) is 0.111. The number of hydrogen-bond acceptors (Lipinski definition) is 9. The Labute approximate surface area is 183 Å². The number of rotatable bonds is 8. The second-order valence-electron chi connectivity index (χ2n) is 5.94. The summed E-state index contributed by atoms with van der Waals surface area (Å²) in [7, 11) is -2.80. The van der Waals surface area contributed by atoms with Gasteiger partial charge in [-0.3, -0.25) is 20.2 Å². The van der Waals surface area contributed by atoms with E-state index < -0.39 is 27.3 Å². The van der Waals surface area contributed by atoms with E-state index in [1.165, 1.54) is 19.2 Å². The number of non-ortho nitro benzene ring substituents is 1. The second-order valence-corrected chi connectivity index (χ2v) is 9.14. The lowest BCUT2D eigenvalue weighted by Crippen LogP contribution is -2.12. The SMILES string of the molecule is COc1cc(C(=O)Nc2ncc(S(=O)(=O)c3ccc([N+](=O)[O-])cc3)s2)ccc1OC(F)F. The van der Waals surface area contributed by atoms with Crippen LogP contribution in [0.2, 0.25) is 0 Å². The summed E-state index contributed by atoms with van der Waals surface area (Å²) in [5.41, 5.74) is -0.236. The van der Waals surface area contributed by atoms with Crippen LogP contribution in [0, 0.1) is 10.1 Å². The lowest BCUT2D eigenvalue weighted by Gasteiger charge is -2.11. The number of nitro groups is 1. The summed E-state index contributed by atoms with van der Waals surface area (Å²) in [5.74, 6) is -1.05. The molecule has 0 spiro atoms. The molecule has 3 aromatic rings. The van der Waals surface area contributed by atoms with Crippen molar-refractivity contribution in [2.75, 3.05) is 12.4 Å². The Balaban J connectivity index is 1.78. The van der Waals surface area contributed by atoms with Crippen LogP contribution in [0.25, 0.3) is 0 Å². The van der Waals surface area contributed by atoms with Gasteiger partial charge in [0.2, 0.25) is 9.84 Å². The van der Waals surface area contributed by atoms with Crippen molar-refractivity contribution in [2.45, 2.75) is 15.7 Å². The third kappa shape index (κ3) is 4.97. The highest BCUT2D eigenvalue weighted by molar-refractivity contribution is 7.93. The van der Waals surface area contributed by atoms with Gasteiger partial charge in [-0.1, -0.05) is 11.3 Å². The van der Waals surface area contributed by atoms with Crippen molar-refractivity contribution in [3.8, 4) is 11.5 Å². The molecular formula is C18H13F2N3O7S2. The molecule has 2 aromatic carbocycles. The minimum Gasteiger partial charge on any atom is -0.493 e. The molecule has 1 N–H and O–H groups in total. The van der Waals surface area contributed by atoms with Crippen LogP contribution >= 0.6 is 11.3 Å². The first-order chi connectivity index (χ1) is 15.1. The molecule has 0 atom stereocenters. The molecule has 168 valence electrons. The molecule has 1 amide bonds. The number of alkyl halides is 2. The fourth-order valence-electron chi connectivity index (χ4n) is 2.48. The van der Waals surface area contributed by atoms with E-state index in [1.807, 2.05) is 0 Å². The number of hydrogen-bond donors (Lipinski definition) is 1. The summed E-state index contributed by atoms with van der Waals surface area (Å²) in [5, 5.41) is 13.1. The summed E-state index contributed by atoms with van der Waals surface area (Å²) < 4.78 is 59.2. The zero-order chi connectivity index (χ0) is 23.5. The molecule has 0 saturated heterocycles. The Kier molecular flexibility index (Phi) is 6.64. The number of sulfone groups is 1. The average Bonchev–Trinajstić information content (AvgIpc) is 3.23. The number of amides is 1. The highest BCUT2D eigenvalue weighted by Gasteiger charge is 2.23. The maximum atomic E-state index is 12.7. The van der Waals surface area contributed by atoms with Gasteiger partial charge in [-0.25, -0.2) is 13.4 Å². The first kappa shape index (κ1) is 23.0. The Morgan fingerprint density at radius 1 is 1.19 bits per heavy atom. The number of benzene rings is 2. The van der Waals surface area contributed by atoms with E-state index in [9.17, 15) is 32.1 Å². The molecular weight excluding hydrogens is 472 g/mol. The standard InChI is InChI=1S/C18H13F2N3O7S2/c1-29-14-8-10(2-7-13(14)30-17(19)20)16(24)22-18-21-9-15(31-18)32(27,28)12-5-3-11(4-6-12)23(25)26/h2-9,17H,1H3,(H,21,22,24). The van der Waals surface area contributed by atoms with Gasteiger partial charge in [0, 0.05) is 17.7 Å². The molecule has 3 rings (SSSR count). The molecule has 0 bridgehead atoms. The second kappa shape index (κ2) is 9.23. The Bertz CT molecular complexity index is 1260. The van der Waals surface area contributed by atoms with Crippen molar-refractivity contribution in [2.24, 2.45) is 0 Å². The molecule has 0 aliphatic rings. The van der Waals surface area contributed by atoms with Gasteiger partial charge < -0.3 is 9.47 Å². The van der Waals surface area contributed by atoms with Crippen LogP contribution in [0.4, 0.5) is 19.6 Å². The van der Waals surface area contributed by atoms with Gasteiger partial charge in [0.1, 0.15) is 4.21 Å². The number of carbonyl (C=O) groups excluding carboxylic acids is 1. The van der Waals surface area contributed by atoms with Crippen LogP contribution in [-0.4, -0.2) is 38.0 Å². The molecule has 0 unspecified atom stereocenters. The number of ether oxygens (including phenoxy) is 2. The van der Waals surface area contributed by atoms with Crippen LogP contribution in [-0.2, 0) is 9.84 Å². The van der Waals surface area contributed by atoms with Gasteiger partial charge in [-0.15, -0.1) is 0 Å². The van der Waals surface area contributed by atoms with Crippen LogP contribution < -0.4 is 14.8 Å². The highest BCUT2D eigenvalue weighted by Crippen LogP contribution is 2.32. The molecule has 32 heavy (non-hydrogen) atoms. The van der Waals surface area contributed by atoms with Gasteiger partial charge in [0.05, 0.1) is 23.1 Å². The largest absolute Gasteiger partial charge is 0.493 e. The maximum Gasteiger partial charge on any atom is 0.387 e. The lowest BCUT2D eigenvalue weighted by atomic mass is 10.2. The van der Waals surface area contributed by atoms with Crippen molar-refractivity contribution in [3.05, 3.63) is 64.3 Å². The minimum absolute atomic E-state index is 0.0263. The molecule has 1 heterocycles. The quantitative estimate of drug-likeness (QED) is 0.376. The summed E-state index contributed by atoms with van der Waals surface area (Å²) in [6.07, 6.45) is 1.04. The van der Waals surface area contributed by atoms with Gasteiger partial charge in [0.25, 0.3) is 11.6 Å². The molecule has 0 aliphatic carbocycles. The van der Waals surface area contributed by atoms with E-state index in [4.69, 9.17) is 4.74 Å². The molecule has 10 nitrogen and oxygen atoms in total. The molecule has 0 saturated carbocycles. The van der Waals surface area contributed by atoms with Gasteiger partial charge >= 0.3 is 6.61 Å². The van der Waals surface area contributed by atoms with Crippen molar-refractivity contribution in [1.29, 1.82) is 0 Å². The van der Waals surface area contributed by atoms with E-state index in [0.29, 0.717) is 11.3 Å². The van der Waals surface area contributed by atoms with E-state index in [-0.39, 0.29) is 37.0 Å². The lowest BCUT2D eigenvalue weighted by molar-refractivity contribution is -0.384. The number of anilines is 1. The van der Waals surface area contributed by atoms with Crippen molar-refractivity contribution < 1.29 is 36.4 Å². The smallest absolute Gasteiger partial charge is 0.387 e. The third-order valence-corrected chi connectivity index (χ3v) is 7.11. The van der Waals surface area contributed by atoms with Crippen LogP contribution in [0.5, 0.6) is 11.5 Å². The van der Waals surface area contributed by atoms with Crippen molar-refractivity contribution >= 4 is 37.9 Å². The summed E-state index contributed by atoms with van der Waals surface area (Å²) >= 11 is 0.670. The Hall–Kier alpha value is -3.65. The number of carbonyl (C=O) groups is 1. The first-order valence-corrected chi connectivity index (χ1v) is 10.8. The van der Waals surface area contributed by atoms with Crippen LogP contribution in [0.1, 0.15) is 10.4 Å². The van der Waals surface area contributed by atoms with Crippen molar-refractivity contribution in [3.63, 3.8) is 0 Å². The number of thiazole rings is 1. The fourth-order valence-corrected chi connectivity index (χ4v) is 4.90. The molecule has 0 fully saturated rings. The number of nitrogens with zero attached hydrogens (tertiary/aromatic N) is 2. The minimum atomic E-state index is -4.01. The Morgan fingerprint density at radius 3 is 2.47 bits per heavy atom. The molecule has 0 aliphatic heterocycles. The highest BCUT2D eigenvalue weighted by atomic mass is 32.2.